The molecule has 0 aliphatic carbocycles. The third kappa shape index (κ3) is 7.21. The molecule has 0 saturated heterocycles. The minimum absolute atomic E-state index is 0.309. The number of hydrogen-bond donors (Lipinski definition) is 2. The van der Waals surface area contributed by atoms with Crippen LogP contribution < -0.4 is 15.4 Å². The minimum atomic E-state index is -0.309. The second-order valence-corrected chi connectivity index (χ2v) is 6.40. The van der Waals surface area contributed by atoms with E-state index in [1.165, 1.54) is 12.1 Å². The quantitative estimate of drug-likeness (QED) is 0.299. The third-order valence-corrected chi connectivity index (χ3v) is 4.10. The first kappa shape index (κ1) is 21.3. The molecule has 0 aliphatic heterocycles. The highest BCUT2D eigenvalue weighted by molar-refractivity contribution is 5.79. The van der Waals surface area contributed by atoms with Crippen LogP contribution in [0.3, 0.4) is 0 Å². The first-order valence-electron chi connectivity index (χ1n) is 9.66. The van der Waals surface area contributed by atoms with Crippen LogP contribution in [0.5, 0.6) is 11.6 Å². The number of ether oxygens (including phenoxy) is 2. The molecule has 0 atom stereocenters. The fourth-order valence-electron chi connectivity index (χ4n) is 2.59. The van der Waals surface area contributed by atoms with Gasteiger partial charge in [-0.15, -0.1) is 0 Å². The Morgan fingerprint density at radius 1 is 1.17 bits per heavy atom. The predicted octanol–water partition coefficient (Wildman–Crippen LogP) is 3.88. The molecule has 0 amide bonds. The monoisotopic (exact) mass is 412 g/mol. The number of hydrogen-bond acceptors (Lipinski definition) is 5. The molecule has 8 heteroatoms. The molecule has 2 N–H and O–H groups in total. The Morgan fingerprint density at radius 2 is 2.03 bits per heavy atom. The summed E-state index contributed by atoms with van der Waals surface area (Å²) in [5, 5.41) is 6.49. The SMILES string of the molecule is CN=C(NCCCOCc1ccco1)NCc1ccnc(Oc2ccc(F)cc2)c1. The number of furan rings is 1. The van der Waals surface area contributed by atoms with E-state index in [4.69, 9.17) is 13.9 Å². The van der Waals surface area contributed by atoms with E-state index >= 15 is 0 Å². The third-order valence-electron chi connectivity index (χ3n) is 4.10. The maximum Gasteiger partial charge on any atom is 0.219 e. The molecule has 1 aromatic carbocycles. The summed E-state index contributed by atoms with van der Waals surface area (Å²) in [4.78, 5) is 8.41. The molecule has 2 heterocycles. The van der Waals surface area contributed by atoms with Gasteiger partial charge in [-0.25, -0.2) is 9.37 Å². The molecule has 7 nitrogen and oxygen atoms in total. The first-order valence-corrected chi connectivity index (χ1v) is 9.66. The second-order valence-electron chi connectivity index (χ2n) is 6.40. The van der Waals surface area contributed by atoms with Crippen molar-refractivity contribution in [1.29, 1.82) is 0 Å². The molecule has 2 aromatic heterocycles. The van der Waals surface area contributed by atoms with Gasteiger partial charge in [0.05, 0.1) is 6.26 Å². The highest BCUT2D eigenvalue weighted by atomic mass is 19.1. The zero-order valence-electron chi connectivity index (χ0n) is 16.8. The van der Waals surface area contributed by atoms with Gasteiger partial charge in [-0.05, 0) is 54.4 Å². The van der Waals surface area contributed by atoms with E-state index in [-0.39, 0.29) is 5.82 Å². The Morgan fingerprint density at radius 3 is 2.80 bits per heavy atom. The van der Waals surface area contributed by atoms with Gasteiger partial charge in [0.1, 0.15) is 23.9 Å². The summed E-state index contributed by atoms with van der Waals surface area (Å²) in [5.74, 6) is 2.17. The van der Waals surface area contributed by atoms with Crippen molar-refractivity contribution in [3.05, 3.63) is 78.1 Å². The van der Waals surface area contributed by atoms with Crippen LogP contribution in [0.4, 0.5) is 4.39 Å². The largest absolute Gasteiger partial charge is 0.467 e. The Labute approximate surface area is 175 Å². The minimum Gasteiger partial charge on any atom is -0.467 e. The average molecular weight is 412 g/mol. The summed E-state index contributed by atoms with van der Waals surface area (Å²) in [7, 11) is 1.72. The number of pyridine rings is 1. The Bertz CT molecular complexity index is 914. The van der Waals surface area contributed by atoms with Crippen molar-refractivity contribution in [2.45, 2.75) is 19.6 Å². The smallest absolute Gasteiger partial charge is 0.219 e. The van der Waals surface area contributed by atoms with Gasteiger partial charge in [0, 0.05) is 39.0 Å². The maximum atomic E-state index is 13.0. The van der Waals surface area contributed by atoms with Crippen LogP contribution in [0.1, 0.15) is 17.7 Å². The molecule has 0 fully saturated rings. The highest BCUT2D eigenvalue weighted by Gasteiger charge is 2.03. The number of aliphatic imine (C=N–C) groups is 1. The standard InChI is InChI=1S/C22H25FN4O3/c1-24-22(26-10-3-12-28-16-20-4-2-13-29-20)27-15-17-9-11-25-21(14-17)30-19-7-5-18(23)6-8-19/h2,4-9,11,13-14H,3,10,12,15-16H2,1H3,(H2,24,26,27). The molecule has 0 radical (unpaired) electrons. The summed E-state index contributed by atoms with van der Waals surface area (Å²) >= 11 is 0. The van der Waals surface area contributed by atoms with Crippen LogP contribution in [0.15, 0.2) is 70.4 Å². The molecule has 0 bridgehead atoms. The lowest BCUT2D eigenvalue weighted by Crippen LogP contribution is -2.37. The van der Waals surface area contributed by atoms with Crippen molar-refractivity contribution in [2.75, 3.05) is 20.2 Å². The van der Waals surface area contributed by atoms with Crippen molar-refractivity contribution in [1.82, 2.24) is 15.6 Å². The number of nitrogens with one attached hydrogen (secondary N) is 2. The first-order chi connectivity index (χ1) is 14.7. The summed E-state index contributed by atoms with van der Waals surface area (Å²) in [6.07, 6.45) is 4.14. The van der Waals surface area contributed by atoms with Gasteiger partial charge in [-0.1, -0.05) is 0 Å². The molecule has 3 rings (SSSR count). The zero-order chi connectivity index (χ0) is 21.0. The number of guanidine groups is 1. The lowest BCUT2D eigenvalue weighted by molar-refractivity contribution is 0.105. The summed E-state index contributed by atoms with van der Waals surface area (Å²) in [6.45, 7) is 2.38. The highest BCUT2D eigenvalue weighted by Crippen LogP contribution is 2.20. The van der Waals surface area contributed by atoms with Gasteiger partial charge in [-0.2, -0.15) is 0 Å². The van der Waals surface area contributed by atoms with Gasteiger partial charge < -0.3 is 24.5 Å². The lowest BCUT2D eigenvalue weighted by Gasteiger charge is -2.12. The normalized spacial score (nSPS) is 11.3. The summed E-state index contributed by atoms with van der Waals surface area (Å²) < 4.78 is 29.4. The molecule has 0 saturated carbocycles. The summed E-state index contributed by atoms with van der Waals surface area (Å²) in [5.41, 5.74) is 0.979. The fraction of sp³-hybridized carbons (Fsp3) is 0.273. The molecule has 0 aliphatic rings. The Kier molecular flexibility index (Phi) is 8.23. The predicted molar refractivity (Wildman–Crippen MR) is 112 cm³/mol. The van der Waals surface area contributed by atoms with Gasteiger partial charge in [0.2, 0.25) is 5.88 Å². The van der Waals surface area contributed by atoms with Crippen LogP contribution in [-0.4, -0.2) is 31.1 Å². The molecule has 158 valence electrons. The molecular weight excluding hydrogens is 387 g/mol. The number of rotatable bonds is 10. The molecule has 0 unspecified atom stereocenters. The summed E-state index contributed by atoms with van der Waals surface area (Å²) in [6, 6.07) is 13.3. The van der Waals surface area contributed by atoms with Crippen LogP contribution >= 0.6 is 0 Å². The van der Waals surface area contributed by atoms with Crippen molar-refractivity contribution in [3.63, 3.8) is 0 Å². The van der Waals surface area contributed by atoms with Crippen molar-refractivity contribution in [2.24, 2.45) is 4.99 Å². The van der Waals surface area contributed by atoms with E-state index < -0.39 is 0 Å². The number of halogens is 1. The van der Waals surface area contributed by atoms with Gasteiger partial charge in [0.25, 0.3) is 0 Å². The van der Waals surface area contributed by atoms with Crippen LogP contribution in [-0.2, 0) is 17.9 Å². The lowest BCUT2D eigenvalue weighted by atomic mass is 10.2. The van der Waals surface area contributed by atoms with Crippen LogP contribution in [0.25, 0.3) is 0 Å². The van der Waals surface area contributed by atoms with Crippen molar-refractivity contribution >= 4 is 5.96 Å². The number of aromatic nitrogens is 1. The van der Waals surface area contributed by atoms with Gasteiger partial charge >= 0.3 is 0 Å². The van der Waals surface area contributed by atoms with Crippen LogP contribution in [0.2, 0.25) is 0 Å². The van der Waals surface area contributed by atoms with E-state index in [0.29, 0.717) is 37.3 Å². The maximum absolute atomic E-state index is 13.0. The second kappa shape index (κ2) is 11.6. The molecule has 3 aromatic rings. The van der Waals surface area contributed by atoms with Gasteiger partial charge in [0.15, 0.2) is 5.96 Å². The van der Waals surface area contributed by atoms with Crippen LogP contribution in [0, 0.1) is 5.82 Å². The molecule has 0 spiro atoms. The van der Waals surface area contributed by atoms with E-state index in [1.807, 2.05) is 24.3 Å². The Balaban J connectivity index is 1.37. The van der Waals surface area contributed by atoms with E-state index in [9.17, 15) is 4.39 Å². The van der Waals surface area contributed by atoms with E-state index in [2.05, 4.69) is 20.6 Å². The topological polar surface area (TPSA) is 80.9 Å². The number of benzene rings is 1. The Hall–Kier alpha value is -3.39. The molecule has 30 heavy (non-hydrogen) atoms. The average Bonchev–Trinajstić information content (AvgIpc) is 3.28. The fourth-order valence-corrected chi connectivity index (χ4v) is 2.59. The van der Waals surface area contributed by atoms with Crippen molar-refractivity contribution in [3.8, 4) is 11.6 Å². The van der Waals surface area contributed by atoms with E-state index in [0.717, 1.165) is 24.3 Å². The molecular formula is C22H25FN4O3. The van der Waals surface area contributed by atoms with E-state index in [1.54, 1.807) is 31.6 Å². The zero-order valence-corrected chi connectivity index (χ0v) is 16.8. The number of nitrogens with zero attached hydrogens (tertiary/aromatic N) is 2. The van der Waals surface area contributed by atoms with Crippen molar-refractivity contribution < 1.29 is 18.3 Å². The van der Waals surface area contributed by atoms with Gasteiger partial charge in [-0.3, -0.25) is 4.99 Å².